The number of fused-ring (bicyclic) bond motifs is 3. The van der Waals surface area contributed by atoms with Crippen molar-refractivity contribution in [3.63, 3.8) is 0 Å². The van der Waals surface area contributed by atoms with Crippen LogP contribution in [0.5, 0.6) is 0 Å². The van der Waals surface area contributed by atoms with Crippen LogP contribution in [0.1, 0.15) is 35.3 Å². The van der Waals surface area contributed by atoms with Crippen molar-refractivity contribution in [2.75, 3.05) is 5.32 Å². The number of nitrogens with zero attached hydrogens (tertiary/aromatic N) is 1. The first-order valence-electron chi connectivity index (χ1n) is 16.4. The van der Waals surface area contributed by atoms with E-state index in [9.17, 15) is 0 Å². The van der Waals surface area contributed by atoms with Crippen LogP contribution in [0.3, 0.4) is 0 Å². The van der Waals surface area contributed by atoms with E-state index in [-0.39, 0.29) is 0 Å². The highest BCUT2D eigenvalue weighted by Gasteiger charge is 2.20. The highest BCUT2D eigenvalue weighted by atomic mass is 32.1. The quantitative estimate of drug-likeness (QED) is 0.114. The standard InChI is InChI=1S/C45H37N3S/c1-3-4-7-18-31(2)42-37(26-17-29-40(42)47-39-28-14-12-23-34(39)32-19-8-5-9-20-32)45(46)48-43(33-21-10-6-11-22-33)38-27-16-25-36-35-24-13-15-30-41(35)49-44(36)38/h3-30,45,47H,2,46H2,1H3/b4-3-,18-7-,48-43-. The maximum Gasteiger partial charge on any atom is 0.124 e. The van der Waals surface area contributed by atoms with Crippen molar-refractivity contribution >= 4 is 54.2 Å². The van der Waals surface area contributed by atoms with Gasteiger partial charge in [-0.2, -0.15) is 0 Å². The summed E-state index contributed by atoms with van der Waals surface area (Å²) < 4.78 is 2.45. The van der Waals surface area contributed by atoms with Crippen molar-refractivity contribution in [2.45, 2.75) is 13.1 Å². The van der Waals surface area contributed by atoms with E-state index in [1.54, 1.807) is 11.3 Å². The molecule has 238 valence electrons. The average Bonchev–Trinajstić information content (AvgIpc) is 3.54. The third-order valence-corrected chi connectivity index (χ3v) is 9.81. The normalized spacial score (nSPS) is 12.7. The van der Waals surface area contributed by atoms with E-state index in [4.69, 9.17) is 10.7 Å². The number of nitrogens with two attached hydrogens (primary N) is 1. The molecule has 1 heterocycles. The molecule has 0 bridgehead atoms. The minimum atomic E-state index is -0.673. The van der Waals surface area contributed by atoms with E-state index in [0.29, 0.717) is 0 Å². The first kappa shape index (κ1) is 31.8. The molecule has 3 N–H and O–H groups in total. The second-order valence-electron chi connectivity index (χ2n) is 11.8. The number of para-hydroxylation sites is 1. The topological polar surface area (TPSA) is 50.4 Å². The van der Waals surface area contributed by atoms with Crippen LogP contribution < -0.4 is 11.1 Å². The molecule has 0 fully saturated rings. The zero-order valence-electron chi connectivity index (χ0n) is 27.4. The molecule has 7 rings (SSSR count). The first-order chi connectivity index (χ1) is 24.1. The van der Waals surface area contributed by atoms with Crippen LogP contribution in [0.4, 0.5) is 11.4 Å². The van der Waals surface area contributed by atoms with E-state index in [1.165, 1.54) is 20.2 Å². The molecule has 0 aliphatic heterocycles. The fourth-order valence-electron chi connectivity index (χ4n) is 6.29. The molecule has 7 aromatic rings. The molecule has 0 aliphatic rings. The fourth-order valence-corrected chi connectivity index (χ4v) is 7.51. The van der Waals surface area contributed by atoms with Crippen molar-refractivity contribution in [3.05, 3.63) is 199 Å². The summed E-state index contributed by atoms with van der Waals surface area (Å²) in [6.07, 6.45) is 7.37. The van der Waals surface area contributed by atoms with Gasteiger partial charge in [-0.15, -0.1) is 11.3 Å². The molecule has 1 aromatic heterocycles. The lowest BCUT2D eigenvalue weighted by Crippen LogP contribution is -2.15. The van der Waals surface area contributed by atoms with Gasteiger partial charge in [0.2, 0.25) is 0 Å². The maximum absolute atomic E-state index is 7.18. The minimum absolute atomic E-state index is 0.673. The molecule has 1 atom stereocenters. The lowest BCUT2D eigenvalue weighted by molar-refractivity contribution is 0.775. The van der Waals surface area contributed by atoms with E-state index in [0.717, 1.165) is 56.0 Å². The molecule has 0 aliphatic carbocycles. The number of aliphatic imine (C=N–C) groups is 1. The lowest BCUT2D eigenvalue weighted by Gasteiger charge is -2.21. The van der Waals surface area contributed by atoms with E-state index in [2.05, 4.69) is 139 Å². The smallest absolute Gasteiger partial charge is 0.124 e. The summed E-state index contributed by atoms with van der Waals surface area (Å²) in [5, 5.41) is 6.22. The fraction of sp³-hybridized carbons (Fsp3) is 0.0444. The number of anilines is 2. The number of rotatable bonds is 10. The predicted octanol–water partition coefficient (Wildman–Crippen LogP) is 12.1. The lowest BCUT2D eigenvalue weighted by atomic mass is 9.95. The Hall–Kier alpha value is -5.81. The van der Waals surface area contributed by atoms with Crippen LogP contribution in [-0.2, 0) is 0 Å². The van der Waals surface area contributed by atoms with Gasteiger partial charge >= 0.3 is 0 Å². The number of thiophene rings is 1. The Bertz CT molecular complexity index is 2350. The van der Waals surface area contributed by atoms with Crippen molar-refractivity contribution in [2.24, 2.45) is 10.7 Å². The van der Waals surface area contributed by atoms with Crippen LogP contribution in [-0.4, -0.2) is 5.71 Å². The molecule has 4 heteroatoms. The molecular weight excluding hydrogens is 615 g/mol. The summed E-state index contributed by atoms with van der Waals surface area (Å²) in [4.78, 5) is 5.35. The van der Waals surface area contributed by atoms with Gasteiger partial charge in [0.1, 0.15) is 6.17 Å². The van der Waals surface area contributed by atoms with Crippen molar-refractivity contribution in [1.82, 2.24) is 0 Å². The van der Waals surface area contributed by atoms with E-state index < -0.39 is 6.17 Å². The summed E-state index contributed by atoms with van der Waals surface area (Å²) in [7, 11) is 0. The highest BCUT2D eigenvalue weighted by Crippen LogP contribution is 2.39. The predicted molar refractivity (Wildman–Crippen MR) is 213 cm³/mol. The van der Waals surface area contributed by atoms with Gasteiger partial charge in [-0.3, -0.25) is 4.99 Å². The van der Waals surface area contributed by atoms with Crippen LogP contribution in [0.15, 0.2) is 181 Å². The van der Waals surface area contributed by atoms with Crippen LogP contribution in [0.2, 0.25) is 0 Å². The average molecular weight is 652 g/mol. The van der Waals surface area contributed by atoms with Gasteiger partial charge in [0.25, 0.3) is 0 Å². The zero-order valence-corrected chi connectivity index (χ0v) is 28.2. The molecule has 1 unspecified atom stereocenters. The van der Waals surface area contributed by atoms with Gasteiger partial charge in [0.05, 0.1) is 5.71 Å². The number of hydrogen-bond donors (Lipinski definition) is 2. The zero-order chi connectivity index (χ0) is 33.6. The Morgan fingerprint density at radius 3 is 2.20 bits per heavy atom. The van der Waals surface area contributed by atoms with Crippen molar-refractivity contribution in [1.29, 1.82) is 0 Å². The van der Waals surface area contributed by atoms with E-state index in [1.807, 2.05) is 49.4 Å². The summed E-state index contributed by atoms with van der Waals surface area (Å²) >= 11 is 1.80. The summed E-state index contributed by atoms with van der Waals surface area (Å²) in [6.45, 7) is 6.52. The van der Waals surface area contributed by atoms with Crippen LogP contribution >= 0.6 is 11.3 Å². The van der Waals surface area contributed by atoms with Gasteiger partial charge in [-0.25, -0.2) is 0 Å². The Balaban J connectivity index is 1.38. The molecule has 0 saturated heterocycles. The summed E-state index contributed by atoms with van der Waals surface area (Å²) in [5.41, 5.74) is 16.9. The largest absolute Gasteiger partial charge is 0.355 e. The second-order valence-corrected chi connectivity index (χ2v) is 12.8. The Labute approximate surface area is 292 Å². The molecular formula is C45H37N3S. The van der Waals surface area contributed by atoms with Crippen LogP contribution in [0, 0.1) is 0 Å². The molecule has 49 heavy (non-hydrogen) atoms. The molecule has 6 aromatic carbocycles. The Morgan fingerprint density at radius 1 is 0.714 bits per heavy atom. The van der Waals surface area contributed by atoms with Gasteiger partial charge in [0.15, 0.2) is 0 Å². The first-order valence-corrected chi connectivity index (χ1v) is 17.3. The molecule has 0 radical (unpaired) electrons. The van der Waals surface area contributed by atoms with Gasteiger partial charge in [0, 0.05) is 59.4 Å². The summed E-state index contributed by atoms with van der Waals surface area (Å²) in [5.74, 6) is 0. The maximum atomic E-state index is 7.18. The van der Waals surface area contributed by atoms with Gasteiger partial charge in [-0.05, 0) is 36.3 Å². The van der Waals surface area contributed by atoms with E-state index >= 15 is 0 Å². The highest BCUT2D eigenvalue weighted by molar-refractivity contribution is 7.26. The SMILES string of the molecule is C=C(/C=C\C=C/C)c1c(Nc2ccccc2-c2ccccc2)cccc1C(N)/N=C(/c1ccccc1)c1cccc2c1sc1ccccc12. The number of allylic oxidation sites excluding steroid dienone is 5. The number of hydrogen-bond acceptors (Lipinski definition) is 4. The monoisotopic (exact) mass is 651 g/mol. The van der Waals surface area contributed by atoms with Gasteiger partial charge < -0.3 is 11.1 Å². The molecule has 0 amide bonds. The Kier molecular flexibility index (Phi) is 9.42. The van der Waals surface area contributed by atoms with Crippen LogP contribution in [0.25, 0.3) is 36.9 Å². The third-order valence-electron chi connectivity index (χ3n) is 8.59. The Morgan fingerprint density at radius 2 is 1.39 bits per heavy atom. The molecule has 3 nitrogen and oxygen atoms in total. The second kappa shape index (κ2) is 14.5. The third kappa shape index (κ3) is 6.66. The van der Waals surface area contributed by atoms with Crippen molar-refractivity contribution in [3.8, 4) is 11.1 Å². The molecule has 0 spiro atoms. The van der Waals surface area contributed by atoms with Gasteiger partial charge in [-0.1, -0.05) is 158 Å². The minimum Gasteiger partial charge on any atom is -0.355 e. The summed E-state index contributed by atoms with van der Waals surface area (Å²) in [6, 6.07) is 50.4. The number of nitrogens with one attached hydrogen (secondary N) is 1. The molecule has 0 saturated carbocycles. The van der Waals surface area contributed by atoms with Crippen molar-refractivity contribution < 1.29 is 0 Å². The number of benzene rings is 6.